The van der Waals surface area contributed by atoms with Crippen LogP contribution in [0.1, 0.15) is 5.56 Å². The van der Waals surface area contributed by atoms with Gasteiger partial charge in [-0.05, 0) is 47.9 Å². The molecule has 0 heterocycles. The number of anilines is 1. The van der Waals surface area contributed by atoms with Crippen LogP contribution >= 0.6 is 0 Å². The molecule has 2 N–H and O–H groups in total. The molecule has 0 aliphatic rings. The smallest absolute Gasteiger partial charge is 0.146 e. The minimum absolute atomic E-state index is 0.168. The van der Waals surface area contributed by atoms with E-state index in [1.54, 1.807) is 13.2 Å². The molecule has 0 amide bonds. The number of methoxy groups -OCH3 is 1. The molecule has 0 aliphatic heterocycles. The highest BCUT2D eigenvalue weighted by Crippen LogP contribution is 2.28. The van der Waals surface area contributed by atoms with Gasteiger partial charge in [0.1, 0.15) is 11.6 Å². The summed E-state index contributed by atoms with van der Waals surface area (Å²) in [7, 11) is 1.62. The van der Waals surface area contributed by atoms with Crippen molar-refractivity contribution in [3.05, 3.63) is 47.8 Å². The molecule has 2 rings (SSSR count). The molecule has 0 saturated carbocycles. The molecular weight excluding hydrogens is 217 g/mol. The molecule has 2 aromatic carbocycles. The summed E-state index contributed by atoms with van der Waals surface area (Å²) in [6.07, 6.45) is 0. The predicted octanol–water partition coefficient (Wildman–Crippen LogP) is 3.39. The first-order valence-corrected chi connectivity index (χ1v) is 5.32. The van der Waals surface area contributed by atoms with Crippen LogP contribution in [-0.2, 0) is 0 Å². The molecule has 3 heteroatoms. The van der Waals surface area contributed by atoms with Crippen LogP contribution in [0.2, 0.25) is 0 Å². The maximum atomic E-state index is 13.2. The van der Waals surface area contributed by atoms with Gasteiger partial charge in [0.2, 0.25) is 0 Å². The van der Waals surface area contributed by atoms with E-state index in [4.69, 9.17) is 10.5 Å². The number of benzene rings is 2. The van der Waals surface area contributed by atoms with Crippen LogP contribution in [-0.4, -0.2) is 7.11 Å². The Morgan fingerprint density at radius 1 is 1.12 bits per heavy atom. The predicted molar refractivity (Wildman–Crippen MR) is 67.5 cm³/mol. The monoisotopic (exact) mass is 231 g/mol. The Hall–Kier alpha value is -2.03. The molecule has 0 saturated heterocycles. The first-order valence-electron chi connectivity index (χ1n) is 5.32. The number of aryl methyl sites for hydroxylation is 1. The van der Waals surface area contributed by atoms with Gasteiger partial charge in [0.15, 0.2) is 0 Å². The van der Waals surface area contributed by atoms with Crippen LogP contribution < -0.4 is 10.5 Å². The Morgan fingerprint density at radius 2 is 1.76 bits per heavy atom. The largest absolute Gasteiger partial charge is 0.497 e. The fourth-order valence-corrected chi connectivity index (χ4v) is 1.77. The summed E-state index contributed by atoms with van der Waals surface area (Å²) in [6.45, 7) is 1.86. The van der Waals surface area contributed by atoms with Crippen LogP contribution in [0.4, 0.5) is 10.1 Å². The van der Waals surface area contributed by atoms with Gasteiger partial charge in [-0.3, -0.25) is 0 Å². The highest BCUT2D eigenvalue weighted by atomic mass is 19.1. The normalized spacial score (nSPS) is 10.3. The van der Waals surface area contributed by atoms with Gasteiger partial charge in [-0.2, -0.15) is 0 Å². The fourth-order valence-electron chi connectivity index (χ4n) is 1.77. The number of hydrogen-bond acceptors (Lipinski definition) is 2. The van der Waals surface area contributed by atoms with Gasteiger partial charge in [-0.15, -0.1) is 0 Å². The molecule has 0 radical (unpaired) electrons. The molecule has 0 aliphatic carbocycles. The van der Waals surface area contributed by atoms with Gasteiger partial charge in [-0.25, -0.2) is 4.39 Å². The van der Waals surface area contributed by atoms with Crippen molar-refractivity contribution in [2.75, 3.05) is 12.8 Å². The van der Waals surface area contributed by atoms with Crippen LogP contribution in [0.25, 0.3) is 11.1 Å². The molecule has 2 aromatic rings. The SMILES string of the molecule is COc1ccc(-c2cc(N)c(F)cc2C)cc1. The Kier molecular flexibility index (Phi) is 3.00. The van der Waals surface area contributed by atoms with Crippen molar-refractivity contribution in [1.29, 1.82) is 0 Å². The van der Waals surface area contributed by atoms with E-state index in [0.717, 1.165) is 22.4 Å². The van der Waals surface area contributed by atoms with E-state index in [2.05, 4.69) is 0 Å². The van der Waals surface area contributed by atoms with E-state index in [9.17, 15) is 4.39 Å². The number of nitrogen functional groups attached to an aromatic ring is 1. The second kappa shape index (κ2) is 4.45. The molecule has 0 spiro atoms. The summed E-state index contributed by atoms with van der Waals surface area (Å²) in [5.74, 6) is 0.418. The summed E-state index contributed by atoms with van der Waals surface area (Å²) < 4.78 is 18.3. The molecule has 88 valence electrons. The van der Waals surface area contributed by atoms with Crippen molar-refractivity contribution in [1.82, 2.24) is 0 Å². The molecule has 0 fully saturated rings. The zero-order chi connectivity index (χ0) is 12.4. The standard InChI is InChI=1S/C14H14FNO/c1-9-7-13(15)14(16)8-12(9)10-3-5-11(17-2)6-4-10/h3-8H,16H2,1-2H3. The van der Waals surface area contributed by atoms with Crippen LogP contribution in [0.5, 0.6) is 5.75 Å². The second-order valence-electron chi connectivity index (χ2n) is 3.92. The zero-order valence-corrected chi connectivity index (χ0v) is 9.83. The first-order chi connectivity index (χ1) is 8.11. The number of hydrogen-bond donors (Lipinski definition) is 1. The minimum Gasteiger partial charge on any atom is -0.497 e. The summed E-state index contributed by atoms with van der Waals surface area (Å²) >= 11 is 0. The first kappa shape index (κ1) is 11.5. The number of halogens is 1. The maximum Gasteiger partial charge on any atom is 0.146 e. The van der Waals surface area contributed by atoms with Crippen molar-refractivity contribution in [3.63, 3.8) is 0 Å². The molecule has 2 nitrogen and oxygen atoms in total. The lowest BCUT2D eigenvalue weighted by atomic mass is 9.99. The lowest BCUT2D eigenvalue weighted by Gasteiger charge is -2.09. The summed E-state index contributed by atoms with van der Waals surface area (Å²) in [4.78, 5) is 0. The lowest BCUT2D eigenvalue weighted by Crippen LogP contribution is -1.94. The van der Waals surface area contributed by atoms with Crippen LogP contribution in [0.3, 0.4) is 0 Å². The quantitative estimate of drug-likeness (QED) is 0.804. The average molecular weight is 231 g/mol. The third kappa shape index (κ3) is 2.23. The van der Waals surface area contributed by atoms with E-state index >= 15 is 0 Å². The number of ether oxygens (including phenoxy) is 1. The Labute approximate surface area is 99.8 Å². The Morgan fingerprint density at radius 3 is 2.35 bits per heavy atom. The average Bonchev–Trinajstić information content (AvgIpc) is 2.34. The number of nitrogens with two attached hydrogens (primary N) is 1. The van der Waals surface area contributed by atoms with Gasteiger partial charge in [0.05, 0.1) is 12.8 Å². The third-order valence-corrected chi connectivity index (χ3v) is 2.74. The van der Waals surface area contributed by atoms with Crippen molar-refractivity contribution in [2.24, 2.45) is 0 Å². The van der Waals surface area contributed by atoms with E-state index < -0.39 is 0 Å². The third-order valence-electron chi connectivity index (χ3n) is 2.74. The Balaban J connectivity index is 2.48. The maximum absolute atomic E-state index is 13.2. The van der Waals surface area contributed by atoms with E-state index in [1.807, 2.05) is 31.2 Å². The molecule has 0 atom stereocenters. The van der Waals surface area contributed by atoms with Gasteiger partial charge >= 0.3 is 0 Å². The molecule has 0 bridgehead atoms. The van der Waals surface area contributed by atoms with E-state index in [0.29, 0.717) is 0 Å². The molecule has 0 unspecified atom stereocenters. The Bertz CT molecular complexity index is 535. The van der Waals surface area contributed by atoms with Crippen molar-refractivity contribution in [3.8, 4) is 16.9 Å². The highest BCUT2D eigenvalue weighted by Gasteiger charge is 2.06. The van der Waals surface area contributed by atoms with Crippen molar-refractivity contribution < 1.29 is 9.13 Å². The van der Waals surface area contributed by atoms with Crippen LogP contribution in [0.15, 0.2) is 36.4 Å². The zero-order valence-electron chi connectivity index (χ0n) is 9.83. The van der Waals surface area contributed by atoms with Crippen molar-refractivity contribution in [2.45, 2.75) is 6.92 Å². The van der Waals surface area contributed by atoms with Gasteiger partial charge in [-0.1, -0.05) is 12.1 Å². The molecule has 0 aromatic heterocycles. The van der Waals surface area contributed by atoms with Gasteiger partial charge in [0.25, 0.3) is 0 Å². The summed E-state index contributed by atoms with van der Waals surface area (Å²) in [6, 6.07) is 10.7. The van der Waals surface area contributed by atoms with Crippen LogP contribution in [0, 0.1) is 12.7 Å². The topological polar surface area (TPSA) is 35.2 Å². The minimum atomic E-state index is -0.375. The van der Waals surface area contributed by atoms with Gasteiger partial charge < -0.3 is 10.5 Å². The second-order valence-corrected chi connectivity index (χ2v) is 3.92. The molecular formula is C14H14FNO. The van der Waals surface area contributed by atoms with Crippen molar-refractivity contribution >= 4 is 5.69 Å². The van der Waals surface area contributed by atoms with E-state index in [-0.39, 0.29) is 11.5 Å². The van der Waals surface area contributed by atoms with Gasteiger partial charge in [0, 0.05) is 0 Å². The van der Waals surface area contributed by atoms with E-state index in [1.165, 1.54) is 6.07 Å². The lowest BCUT2D eigenvalue weighted by molar-refractivity contribution is 0.415. The molecule has 17 heavy (non-hydrogen) atoms. The summed E-state index contributed by atoms with van der Waals surface area (Å²) in [5.41, 5.74) is 8.55. The fraction of sp³-hybridized carbons (Fsp3) is 0.143. The number of rotatable bonds is 2. The summed E-state index contributed by atoms with van der Waals surface area (Å²) in [5, 5.41) is 0. The highest BCUT2D eigenvalue weighted by molar-refractivity contribution is 5.71.